The minimum absolute atomic E-state index is 0.00605. The molecular formula is C33H30O8. The van der Waals surface area contributed by atoms with E-state index in [1.54, 1.807) is 0 Å². The van der Waals surface area contributed by atoms with Gasteiger partial charge >= 0.3 is 0 Å². The quantitative estimate of drug-likeness (QED) is 0.225. The van der Waals surface area contributed by atoms with Crippen molar-refractivity contribution in [3.8, 4) is 34.5 Å². The fourth-order valence-corrected chi connectivity index (χ4v) is 6.05. The number of rotatable bonds is 9. The molecule has 0 radical (unpaired) electrons. The molecule has 0 bridgehead atoms. The topological polar surface area (TPSA) is 123 Å². The third kappa shape index (κ3) is 4.82. The van der Waals surface area contributed by atoms with Crippen molar-refractivity contribution < 1.29 is 39.1 Å². The predicted molar refractivity (Wildman–Crippen MR) is 152 cm³/mol. The van der Waals surface area contributed by atoms with Crippen molar-refractivity contribution in [3.05, 3.63) is 107 Å². The Hall–Kier alpha value is -4.98. The number of carbonyl (C=O) groups is 2. The number of benzene rings is 4. The van der Waals surface area contributed by atoms with E-state index in [-0.39, 0.29) is 39.9 Å². The van der Waals surface area contributed by atoms with E-state index in [1.807, 2.05) is 60.7 Å². The first-order valence-corrected chi connectivity index (χ1v) is 13.0. The van der Waals surface area contributed by atoms with Crippen LogP contribution in [0.5, 0.6) is 34.5 Å². The van der Waals surface area contributed by atoms with Crippen LogP contribution in [-0.2, 0) is 0 Å². The number of carbonyl (C=O) groups excluding carboxylic acids is 2. The van der Waals surface area contributed by atoms with Gasteiger partial charge in [0.15, 0.2) is 11.6 Å². The Balaban J connectivity index is 1.74. The summed E-state index contributed by atoms with van der Waals surface area (Å²) in [6.07, 6.45) is 0. The highest BCUT2D eigenvalue weighted by molar-refractivity contribution is 6.11. The van der Waals surface area contributed by atoms with Crippen molar-refractivity contribution in [2.45, 2.75) is 11.8 Å². The zero-order valence-corrected chi connectivity index (χ0v) is 22.8. The zero-order valence-electron chi connectivity index (χ0n) is 22.8. The Morgan fingerprint density at radius 2 is 0.927 bits per heavy atom. The van der Waals surface area contributed by atoms with E-state index in [0.717, 1.165) is 17.2 Å². The second-order valence-electron chi connectivity index (χ2n) is 9.92. The summed E-state index contributed by atoms with van der Waals surface area (Å²) in [6.45, 7) is 0. The maximum atomic E-state index is 14.6. The van der Waals surface area contributed by atoms with E-state index in [2.05, 4.69) is 0 Å². The lowest BCUT2D eigenvalue weighted by Crippen LogP contribution is -2.51. The third-order valence-electron chi connectivity index (χ3n) is 7.79. The molecule has 4 aromatic rings. The molecule has 1 aliphatic rings. The lowest BCUT2D eigenvalue weighted by Gasteiger charge is -2.51. The molecule has 41 heavy (non-hydrogen) atoms. The summed E-state index contributed by atoms with van der Waals surface area (Å²) in [6, 6.07) is 23.9. The molecule has 0 spiro atoms. The van der Waals surface area contributed by atoms with Crippen LogP contribution >= 0.6 is 0 Å². The Morgan fingerprint density at radius 3 is 1.34 bits per heavy atom. The van der Waals surface area contributed by atoms with Gasteiger partial charge in [-0.1, -0.05) is 60.7 Å². The van der Waals surface area contributed by atoms with Crippen LogP contribution in [0, 0.1) is 11.8 Å². The van der Waals surface area contributed by atoms with Crippen molar-refractivity contribution in [1.82, 2.24) is 0 Å². The van der Waals surface area contributed by atoms with Crippen LogP contribution in [0.4, 0.5) is 0 Å². The Morgan fingerprint density at radius 1 is 0.561 bits per heavy atom. The normalized spacial score (nSPS) is 19.6. The molecule has 8 nitrogen and oxygen atoms in total. The van der Waals surface area contributed by atoms with Crippen molar-refractivity contribution >= 4 is 11.6 Å². The predicted octanol–water partition coefficient (Wildman–Crippen LogP) is 5.71. The minimum atomic E-state index is -0.928. The van der Waals surface area contributed by atoms with Gasteiger partial charge in [0.05, 0.1) is 21.3 Å². The van der Waals surface area contributed by atoms with Gasteiger partial charge in [-0.05, 0) is 11.1 Å². The first-order chi connectivity index (χ1) is 19.8. The van der Waals surface area contributed by atoms with Gasteiger partial charge in [0, 0.05) is 47.9 Å². The van der Waals surface area contributed by atoms with Crippen LogP contribution in [0.3, 0.4) is 0 Å². The molecule has 0 aromatic heterocycles. The molecule has 0 heterocycles. The molecule has 210 valence electrons. The summed E-state index contributed by atoms with van der Waals surface area (Å²) in [7, 11) is 4.10. The molecule has 1 saturated carbocycles. The molecule has 8 heteroatoms. The lowest BCUT2D eigenvalue weighted by atomic mass is 9.49. The molecule has 0 unspecified atom stereocenters. The van der Waals surface area contributed by atoms with E-state index < -0.39 is 41.0 Å². The highest BCUT2D eigenvalue weighted by Gasteiger charge is 2.59. The molecule has 5 rings (SSSR count). The van der Waals surface area contributed by atoms with Crippen LogP contribution < -0.4 is 14.2 Å². The van der Waals surface area contributed by atoms with Gasteiger partial charge in [-0.25, -0.2) is 0 Å². The zero-order chi connectivity index (χ0) is 29.3. The van der Waals surface area contributed by atoms with E-state index in [4.69, 9.17) is 14.2 Å². The number of phenols is 3. The van der Waals surface area contributed by atoms with Gasteiger partial charge < -0.3 is 29.5 Å². The number of ether oxygens (including phenoxy) is 3. The van der Waals surface area contributed by atoms with Gasteiger partial charge in [-0.2, -0.15) is 0 Å². The highest BCUT2D eigenvalue weighted by Crippen LogP contribution is 2.61. The maximum Gasteiger partial charge on any atom is 0.174 e. The Labute approximate surface area is 237 Å². The minimum Gasteiger partial charge on any atom is -0.508 e. The summed E-state index contributed by atoms with van der Waals surface area (Å²) in [5.41, 5.74) is 1.70. The molecule has 1 aliphatic carbocycles. The summed E-state index contributed by atoms with van der Waals surface area (Å²) >= 11 is 0. The third-order valence-corrected chi connectivity index (χ3v) is 7.79. The van der Waals surface area contributed by atoms with Gasteiger partial charge in [-0.15, -0.1) is 0 Å². The maximum absolute atomic E-state index is 14.6. The van der Waals surface area contributed by atoms with Crippen molar-refractivity contribution in [1.29, 1.82) is 0 Å². The van der Waals surface area contributed by atoms with Gasteiger partial charge in [-0.3, -0.25) is 9.59 Å². The van der Waals surface area contributed by atoms with E-state index in [9.17, 15) is 24.9 Å². The molecule has 1 fully saturated rings. The van der Waals surface area contributed by atoms with Crippen LogP contribution in [0.15, 0.2) is 84.9 Å². The molecule has 3 N–H and O–H groups in total. The molecular weight excluding hydrogens is 524 g/mol. The van der Waals surface area contributed by atoms with Gasteiger partial charge in [0.2, 0.25) is 0 Å². The van der Waals surface area contributed by atoms with Gasteiger partial charge in [0.25, 0.3) is 0 Å². The van der Waals surface area contributed by atoms with Crippen molar-refractivity contribution in [3.63, 3.8) is 0 Å². The van der Waals surface area contributed by atoms with Crippen LogP contribution in [0.2, 0.25) is 0 Å². The van der Waals surface area contributed by atoms with Crippen LogP contribution in [0.1, 0.15) is 43.7 Å². The highest BCUT2D eigenvalue weighted by atomic mass is 16.5. The standard InChI is InChI=1S/C33H30O8/c1-39-23-15-20(34)14-22(36)28(23)32(37)30-26(18-10-6-4-7-11-18)27(19-12-8-5-9-13-19)31(30)33(38)29-24(40-2)16-21(35)17-25(29)41-3/h4-17,26-27,30-31,34-36H,1-3H3/t26-,27-,30+,31+/m0/s1. The molecule has 0 aliphatic heterocycles. The van der Waals surface area contributed by atoms with E-state index in [0.29, 0.717) is 0 Å². The van der Waals surface area contributed by atoms with E-state index >= 15 is 0 Å². The second kappa shape index (κ2) is 11.3. The molecule has 4 atom stereocenters. The van der Waals surface area contributed by atoms with Gasteiger partial charge in [0.1, 0.15) is 45.6 Å². The fourth-order valence-electron chi connectivity index (χ4n) is 6.05. The fraction of sp³-hybridized carbons (Fsp3) is 0.212. The largest absolute Gasteiger partial charge is 0.508 e. The number of aromatic hydroxyl groups is 3. The average Bonchev–Trinajstić information content (AvgIpc) is 2.96. The second-order valence-corrected chi connectivity index (χ2v) is 9.92. The van der Waals surface area contributed by atoms with E-state index in [1.165, 1.54) is 39.5 Å². The summed E-state index contributed by atoms with van der Waals surface area (Å²) in [5, 5.41) is 31.0. The summed E-state index contributed by atoms with van der Waals surface area (Å²) in [5.74, 6) is -4.25. The van der Waals surface area contributed by atoms with Crippen LogP contribution in [-0.4, -0.2) is 48.2 Å². The number of hydrogen-bond donors (Lipinski definition) is 3. The number of phenolic OH excluding ortho intramolecular Hbond substituents is 3. The van der Waals surface area contributed by atoms with Crippen molar-refractivity contribution in [2.24, 2.45) is 11.8 Å². The number of Topliss-reactive ketones (excluding diaryl/α,β-unsaturated/α-hetero) is 2. The Bertz CT molecular complexity index is 1560. The summed E-state index contributed by atoms with van der Waals surface area (Å²) < 4.78 is 16.3. The molecule has 0 saturated heterocycles. The monoisotopic (exact) mass is 554 g/mol. The Kier molecular flexibility index (Phi) is 7.57. The van der Waals surface area contributed by atoms with Crippen molar-refractivity contribution in [2.75, 3.05) is 21.3 Å². The summed E-state index contributed by atoms with van der Waals surface area (Å²) in [4.78, 5) is 29.0. The smallest absolute Gasteiger partial charge is 0.174 e. The first-order valence-electron chi connectivity index (χ1n) is 13.0. The van der Waals surface area contributed by atoms with Crippen LogP contribution in [0.25, 0.3) is 0 Å². The molecule has 4 aromatic carbocycles. The number of methoxy groups -OCH3 is 3. The SMILES string of the molecule is COc1cc(O)cc(O)c1C(=O)[C@H]1[C@H](C(=O)c2c(OC)cc(O)cc2OC)[C@@H](c2ccccc2)[C@@H]1c1ccccc1. The lowest BCUT2D eigenvalue weighted by molar-refractivity contribution is 0.0448. The number of ketones is 2. The number of hydrogen-bond acceptors (Lipinski definition) is 8. The molecule has 0 amide bonds. The average molecular weight is 555 g/mol. The first kappa shape index (κ1) is 27.6.